The number of rotatable bonds is 3. The Morgan fingerprint density at radius 3 is 2.74 bits per heavy atom. The van der Waals surface area contributed by atoms with Gasteiger partial charge in [-0.1, -0.05) is 27.5 Å². The average Bonchev–Trinajstić information content (AvgIpc) is 2.74. The van der Waals surface area contributed by atoms with E-state index in [0.29, 0.717) is 10.9 Å². The molecule has 0 atom stereocenters. The number of nitrogens with zero attached hydrogens (tertiary/aromatic N) is 1. The van der Waals surface area contributed by atoms with E-state index in [4.69, 9.17) is 11.6 Å². The number of hydrogen-bond acceptors (Lipinski definition) is 3. The molecular formula is C13H11BrClNO2S. The van der Waals surface area contributed by atoms with E-state index in [1.165, 1.54) is 17.4 Å². The summed E-state index contributed by atoms with van der Waals surface area (Å²) in [6.45, 7) is 0.464. The van der Waals surface area contributed by atoms with Crippen LogP contribution in [0.3, 0.4) is 0 Å². The van der Waals surface area contributed by atoms with Crippen molar-refractivity contribution in [2.45, 2.75) is 6.54 Å². The number of hydrogen-bond donors (Lipinski definition) is 1. The number of carbonyl (C=O) groups is 1. The molecule has 0 fully saturated rings. The van der Waals surface area contributed by atoms with Gasteiger partial charge in [-0.3, -0.25) is 4.79 Å². The molecule has 0 bridgehead atoms. The van der Waals surface area contributed by atoms with Crippen LogP contribution in [0.15, 0.2) is 34.8 Å². The van der Waals surface area contributed by atoms with Gasteiger partial charge in [0.2, 0.25) is 0 Å². The van der Waals surface area contributed by atoms with Crippen LogP contribution in [0.2, 0.25) is 4.34 Å². The van der Waals surface area contributed by atoms with E-state index in [1.807, 2.05) is 6.07 Å². The van der Waals surface area contributed by atoms with Crippen LogP contribution >= 0.6 is 38.9 Å². The van der Waals surface area contributed by atoms with Crippen molar-refractivity contribution in [2.24, 2.45) is 0 Å². The maximum absolute atomic E-state index is 12.2. The third-order valence-corrected chi connectivity index (χ3v) is 4.27. The van der Waals surface area contributed by atoms with Gasteiger partial charge in [0.05, 0.1) is 16.4 Å². The van der Waals surface area contributed by atoms with Gasteiger partial charge in [-0.25, -0.2) is 0 Å². The summed E-state index contributed by atoms with van der Waals surface area (Å²) < 4.78 is 1.43. The van der Waals surface area contributed by atoms with Crippen LogP contribution in [0, 0.1) is 0 Å². The highest BCUT2D eigenvalue weighted by Crippen LogP contribution is 2.25. The van der Waals surface area contributed by atoms with Gasteiger partial charge in [0.15, 0.2) is 0 Å². The number of phenolic OH excluding ortho intramolecular Hbond substituents is 1. The predicted octanol–water partition coefficient (Wildman–Crippen LogP) is 4.14. The molecule has 2 rings (SSSR count). The Morgan fingerprint density at radius 2 is 2.16 bits per heavy atom. The first-order valence-electron chi connectivity index (χ1n) is 5.45. The number of aromatic hydroxyl groups is 1. The molecule has 19 heavy (non-hydrogen) atoms. The standard InChI is InChI=1S/C13H11BrClNO2S/c1-16(7-9-3-5-12(15)19-9)13(18)10-4-2-8(14)6-11(10)17/h2-6,17H,7H2,1H3. The summed E-state index contributed by atoms with van der Waals surface area (Å²) in [6, 6.07) is 8.51. The van der Waals surface area contributed by atoms with E-state index in [0.717, 1.165) is 9.35 Å². The summed E-state index contributed by atoms with van der Waals surface area (Å²) in [5.41, 5.74) is 0.286. The normalized spacial score (nSPS) is 10.5. The van der Waals surface area contributed by atoms with Crippen molar-refractivity contribution in [3.05, 3.63) is 49.6 Å². The quantitative estimate of drug-likeness (QED) is 0.893. The van der Waals surface area contributed by atoms with Gasteiger partial charge in [-0.2, -0.15) is 0 Å². The second kappa shape index (κ2) is 5.94. The summed E-state index contributed by atoms with van der Waals surface area (Å²) in [4.78, 5) is 14.8. The predicted molar refractivity (Wildman–Crippen MR) is 80.9 cm³/mol. The Labute approximate surface area is 128 Å². The zero-order valence-corrected chi connectivity index (χ0v) is 13.2. The fourth-order valence-corrected chi connectivity index (χ4v) is 3.12. The molecule has 0 saturated heterocycles. The van der Waals surface area contributed by atoms with E-state index in [9.17, 15) is 9.90 Å². The third kappa shape index (κ3) is 3.49. The minimum Gasteiger partial charge on any atom is -0.507 e. The summed E-state index contributed by atoms with van der Waals surface area (Å²) in [5, 5.41) is 9.78. The summed E-state index contributed by atoms with van der Waals surface area (Å²) in [7, 11) is 1.69. The largest absolute Gasteiger partial charge is 0.507 e. The molecule has 0 aliphatic carbocycles. The SMILES string of the molecule is CN(Cc1ccc(Cl)s1)C(=O)c1ccc(Br)cc1O. The van der Waals surface area contributed by atoms with Crippen LogP contribution in [0.25, 0.3) is 0 Å². The van der Waals surface area contributed by atoms with Gasteiger partial charge in [0.25, 0.3) is 5.91 Å². The van der Waals surface area contributed by atoms with Crippen LogP contribution in [-0.2, 0) is 6.54 Å². The van der Waals surface area contributed by atoms with Crippen LogP contribution < -0.4 is 0 Å². The van der Waals surface area contributed by atoms with Gasteiger partial charge >= 0.3 is 0 Å². The fraction of sp³-hybridized carbons (Fsp3) is 0.154. The zero-order chi connectivity index (χ0) is 14.0. The van der Waals surface area contributed by atoms with Crippen molar-refractivity contribution in [2.75, 3.05) is 7.05 Å². The van der Waals surface area contributed by atoms with Crippen LogP contribution in [-0.4, -0.2) is 23.0 Å². The molecule has 1 amide bonds. The first-order chi connectivity index (χ1) is 8.97. The van der Waals surface area contributed by atoms with Crippen molar-refractivity contribution in [1.82, 2.24) is 4.90 Å². The highest BCUT2D eigenvalue weighted by atomic mass is 79.9. The first-order valence-corrected chi connectivity index (χ1v) is 7.44. The number of phenols is 1. The fourth-order valence-electron chi connectivity index (χ4n) is 1.63. The van der Waals surface area contributed by atoms with Crippen molar-refractivity contribution in [3.8, 4) is 5.75 Å². The van der Waals surface area contributed by atoms with Gasteiger partial charge < -0.3 is 10.0 Å². The lowest BCUT2D eigenvalue weighted by atomic mass is 10.2. The smallest absolute Gasteiger partial charge is 0.257 e. The van der Waals surface area contributed by atoms with Crippen molar-refractivity contribution < 1.29 is 9.90 Å². The van der Waals surface area contributed by atoms with Crippen LogP contribution in [0.4, 0.5) is 0 Å². The van der Waals surface area contributed by atoms with E-state index in [1.54, 1.807) is 30.1 Å². The van der Waals surface area contributed by atoms with Crippen molar-refractivity contribution >= 4 is 44.8 Å². The molecule has 2 aromatic rings. The molecular weight excluding hydrogens is 350 g/mol. The Kier molecular flexibility index (Phi) is 4.50. The maximum atomic E-state index is 12.2. The Bertz CT molecular complexity index is 614. The number of thiophene rings is 1. The van der Waals surface area contributed by atoms with E-state index in [-0.39, 0.29) is 17.2 Å². The summed E-state index contributed by atoms with van der Waals surface area (Å²) in [6.07, 6.45) is 0. The second-order valence-electron chi connectivity index (χ2n) is 4.03. The zero-order valence-electron chi connectivity index (χ0n) is 10.1. The van der Waals surface area contributed by atoms with Gasteiger partial charge in [-0.05, 0) is 30.3 Å². The first kappa shape index (κ1) is 14.4. The van der Waals surface area contributed by atoms with E-state index < -0.39 is 0 Å². The summed E-state index contributed by atoms with van der Waals surface area (Å²) >= 11 is 10.5. The topological polar surface area (TPSA) is 40.5 Å². The molecule has 1 aromatic heterocycles. The number of halogens is 2. The molecule has 100 valence electrons. The minimum absolute atomic E-state index is 0.0320. The third-order valence-electron chi connectivity index (χ3n) is 2.56. The molecule has 3 nitrogen and oxygen atoms in total. The van der Waals surface area contributed by atoms with Gasteiger partial charge in [0.1, 0.15) is 5.75 Å². The molecule has 0 aliphatic rings. The van der Waals surface area contributed by atoms with Gasteiger partial charge in [0, 0.05) is 16.4 Å². The highest BCUT2D eigenvalue weighted by molar-refractivity contribution is 9.10. The lowest BCUT2D eigenvalue weighted by Gasteiger charge is -2.17. The average molecular weight is 361 g/mol. The molecule has 6 heteroatoms. The molecule has 0 unspecified atom stereocenters. The molecule has 1 aromatic carbocycles. The molecule has 0 radical (unpaired) electrons. The molecule has 1 heterocycles. The minimum atomic E-state index is -0.227. The molecule has 0 aliphatic heterocycles. The molecule has 0 spiro atoms. The number of benzene rings is 1. The van der Waals surface area contributed by atoms with Crippen molar-refractivity contribution in [3.63, 3.8) is 0 Å². The second-order valence-corrected chi connectivity index (χ2v) is 6.74. The Hall–Kier alpha value is -1.04. The van der Waals surface area contributed by atoms with E-state index in [2.05, 4.69) is 15.9 Å². The number of amides is 1. The molecule has 1 N–H and O–H groups in total. The van der Waals surface area contributed by atoms with E-state index >= 15 is 0 Å². The van der Waals surface area contributed by atoms with Crippen molar-refractivity contribution in [1.29, 1.82) is 0 Å². The monoisotopic (exact) mass is 359 g/mol. The van der Waals surface area contributed by atoms with Crippen LogP contribution in [0.5, 0.6) is 5.75 Å². The molecule has 0 saturated carbocycles. The lowest BCUT2D eigenvalue weighted by molar-refractivity contribution is 0.0783. The highest BCUT2D eigenvalue weighted by Gasteiger charge is 2.16. The Morgan fingerprint density at radius 1 is 1.42 bits per heavy atom. The lowest BCUT2D eigenvalue weighted by Crippen LogP contribution is -2.25. The van der Waals surface area contributed by atoms with Crippen LogP contribution in [0.1, 0.15) is 15.2 Å². The van der Waals surface area contributed by atoms with Gasteiger partial charge in [-0.15, -0.1) is 11.3 Å². The number of carbonyl (C=O) groups excluding carboxylic acids is 1. The Balaban J connectivity index is 2.14. The maximum Gasteiger partial charge on any atom is 0.257 e. The summed E-state index contributed by atoms with van der Waals surface area (Å²) in [5.74, 6) is -0.259.